The number of ether oxygens (including phenoxy) is 1. The Morgan fingerprint density at radius 1 is 1.22 bits per heavy atom. The molecule has 0 atom stereocenters. The van der Waals surface area contributed by atoms with Crippen molar-refractivity contribution in [3.8, 4) is 0 Å². The van der Waals surface area contributed by atoms with Gasteiger partial charge >= 0.3 is 0 Å². The van der Waals surface area contributed by atoms with Gasteiger partial charge in [-0.3, -0.25) is 0 Å². The number of fused-ring (bicyclic) bond motifs is 1. The van der Waals surface area contributed by atoms with E-state index < -0.39 is 0 Å². The molecular weight excluding hydrogens is 271 g/mol. The van der Waals surface area contributed by atoms with E-state index in [1.54, 1.807) is 0 Å². The van der Waals surface area contributed by atoms with Crippen LogP contribution in [0.2, 0.25) is 10.2 Å². The van der Waals surface area contributed by atoms with Gasteiger partial charge in [0.1, 0.15) is 5.15 Å². The zero-order valence-electron chi connectivity index (χ0n) is 9.70. The van der Waals surface area contributed by atoms with Crippen molar-refractivity contribution in [1.82, 2.24) is 9.78 Å². The summed E-state index contributed by atoms with van der Waals surface area (Å²) >= 11 is 12.2. The maximum absolute atomic E-state index is 6.32. The molecule has 5 heteroatoms. The van der Waals surface area contributed by atoms with E-state index in [1.807, 2.05) is 28.9 Å². The fourth-order valence-corrected chi connectivity index (χ4v) is 2.47. The van der Waals surface area contributed by atoms with Gasteiger partial charge in [0.25, 0.3) is 0 Å². The minimum absolute atomic E-state index is 0.564. The zero-order chi connectivity index (χ0) is 12.5. The van der Waals surface area contributed by atoms with E-state index in [9.17, 15) is 0 Å². The third kappa shape index (κ3) is 2.26. The molecule has 0 spiro atoms. The van der Waals surface area contributed by atoms with Gasteiger partial charge in [0, 0.05) is 17.0 Å². The van der Waals surface area contributed by atoms with E-state index >= 15 is 0 Å². The number of benzene rings is 1. The molecule has 18 heavy (non-hydrogen) atoms. The first kappa shape index (κ1) is 12.0. The van der Waals surface area contributed by atoms with Gasteiger partial charge < -0.3 is 4.74 Å². The molecule has 0 bridgehead atoms. The summed E-state index contributed by atoms with van der Waals surface area (Å²) in [6.45, 7) is 1.94. The number of rotatable bonds is 2. The standard InChI is InChI=1S/C13H12Cl2N2O/c14-10-3-1-9(2-4-10)7-17-13(15)11-8-18-6-5-12(11)16-17/h1-4H,5-8H2. The Kier molecular flexibility index (Phi) is 3.29. The van der Waals surface area contributed by atoms with Gasteiger partial charge in [-0.25, -0.2) is 4.68 Å². The molecule has 0 fully saturated rings. The van der Waals surface area contributed by atoms with Gasteiger partial charge in [-0.15, -0.1) is 0 Å². The van der Waals surface area contributed by atoms with Crippen molar-refractivity contribution in [2.45, 2.75) is 19.6 Å². The van der Waals surface area contributed by atoms with Gasteiger partial charge in [0.2, 0.25) is 0 Å². The molecule has 0 saturated carbocycles. The van der Waals surface area contributed by atoms with Crippen molar-refractivity contribution < 1.29 is 4.74 Å². The van der Waals surface area contributed by atoms with Crippen molar-refractivity contribution in [3.05, 3.63) is 51.3 Å². The van der Waals surface area contributed by atoms with Crippen LogP contribution in [0.5, 0.6) is 0 Å². The summed E-state index contributed by atoms with van der Waals surface area (Å²) < 4.78 is 7.22. The molecule has 0 radical (unpaired) electrons. The Hall–Kier alpha value is -1.03. The van der Waals surface area contributed by atoms with Crippen LogP contribution in [0.25, 0.3) is 0 Å². The van der Waals surface area contributed by atoms with E-state index in [0.29, 0.717) is 18.3 Å². The van der Waals surface area contributed by atoms with Crippen LogP contribution < -0.4 is 0 Å². The Balaban J connectivity index is 1.88. The normalized spacial score (nSPS) is 14.6. The molecule has 0 saturated heterocycles. The highest BCUT2D eigenvalue weighted by molar-refractivity contribution is 6.30. The van der Waals surface area contributed by atoms with Crippen molar-refractivity contribution in [3.63, 3.8) is 0 Å². The second kappa shape index (κ2) is 4.92. The average Bonchev–Trinajstić information content (AvgIpc) is 2.70. The Labute approximate surface area is 115 Å². The van der Waals surface area contributed by atoms with Crippen LogP contribution in [0.1, 0.15) is 16.8 Å². The van der Waals surface area contributed by atoms with Gasteiger partial charge in [-0.05, 0) is 17.7 Å². The molecule has 0 unspecified atom stereocenters. The van der Waals surface area contributed by atoms with E-state index in [-0.39, 0.29) is 0 Å². The predicted octanol–water partition coefficient (Wildman–Crippen LogP) is 3.31. The maximum Gasteiger partial charge on any atom is 0.133 e. The van der Waals surface area contributed by atoms with E-state index in [4.69, 9.17) is 27.9 Å². The first-order valence-corrected chi connectivity index (χ1v) is 6.56. The number of halogens is 2. The van der Waals surface area contributed by atoms with Gasteiger partial charge in [-0.2, -0.15) is 5.10 Å². The maximum atomic E-state index is 6.32. The minimum Gasteiger partial charge on any atom is -0.376 e. The highest BCUT2D eigenvalue weighted by Gasteiger charge is 2.19. The molecule has 3 rings (SSSR count). The molecule has 3 nitrogen and oxygen atoms in total. The molecule has 94 valence electrons. The summed E-state index contributed by atoms with van der Waals surface area (Å²) in [4.78, 5) is 0. The molecule has 1 aliphatic heterocycles. The molecule has 0 N–H and O–H groups in total. The van der Waals surface area contributed by atoms with Gasteiger partial charge in [0.05, 0.1) is 25.5 Å². The van der Waals surface area contributed by atoms with E-state index in [1.165, 1.54) is 0 Å². The van der Waals surface area contributed by atoms with Crippen LogP contribution in [0, 0.1) is 0 Å². The second-order valence-corrected chi connectivity index (χ2v) is 5.10. The lowest BCUT2D eigenvalue weighted by atomic mass is 10.2. The Morgan fingerprint density at radius 3 is 2.72 bits per heavy atom. The number of nitrogens with zero attached hydrogens (tertiary/aromatic N) is 2. The fraction of sp³-hybridized carbons (Fsp3) is 0.308. The molecule has 0 amide bonds. The lowest BCUT2D eigenvalue weighted by Gasteiger charge is -2.09. The monoisotopic (exact) mass is 282 g/mol. The molecule has 2 heterocycles. The highest BCUT2D eigenvalue weighted by atomic mass is 35.5. The summed E-state index contributed by atoms with van der Waals surface area (Å²) in [6.07, 6.45) is 0.836. The van der Waals surface area contributed by atoms with Crippen molar-refractivity contribution in [1.29, 1.82) is 0 Å². The Bertz CT molecular complexity index is 563. The number of hydrogen-bond donors (Lipinski definition) is 0. The van der Waals surface area contributed by atoms with Crippen LogP contribution in [0.15, 0.2) is 24.3 Å². The zero-order valence-corrected chi connectivity index (χ0v) is 11.2. The van der Waals surface area contributed by atoms with Crippen molar-refractivity contribution >= 4 is 23.2 Å². The van der Waals surface area contributed by atoms with Gasteiger partial charge in [0.15, 0.2) is 0 Å². The second-order valence-electron chi connectivity index (χ2n) is 4.30. The summed E-state index contributed by atoms with van der Waals surface area (Å²) in [7, 11) is 0. The Morgan fingerprint density at radius 2 is 2.00 bits per heavy atom. The molecule has 1 aromatic heterocycles. The summed E-state index contributed by atoms with van der Waals surface area (Å²) in [6, 6.07) is 7.71. The van der Waals surface area contributed by atoms with Crippen LogP contribution in [0.3, 0.4) is 0 Å². The topological polar surface area (TPSA) is 27.1 Å². The first-order chi connectivity index (χ1) is 8.74. The summed E-state index contributed by atoms with van der Waals surface area (Å²) in [5, 5.41) is 5.95. The quantitative estimate of drug-likeness (QED) is 0.845. The predicted molar refractivity (Wildman–Crippen MR) is 71.2 cm³/mol. The third-order valence-corrected chi connectivity index (χ3v) is 3.72. The summed E-state index contributed by atoms with van der Waals surface area (Å²) in [5.41, 5.74) is 3.21. The van der Waals surface area contributed by atoms with Crippen LogP contribution in [-0.2, 0) is 24.3 Å². The van der Waals surface area contributed by atoms with Crippen LogP contribution >= 0.6 is 23.2 Å². The summed E-state index contributed by atoms with van der Waals surface area (Å²) in [5.74, 6) is 0. The fourth-order valence-electron chi connectivity index (χ4n) is 2.08. The molecule has 1 aliphatic rings. The number of aromatic nitrogens is 2. The molecule has 1 aromatic carbocycles. The molecular formula is C13H12Cl2N2O. The lowest BCUT2D eigenvalue weighted by molar-refractivity contribution is 0.110. The van der Waals surface area contributed by atoms with Crippen LogP contribution in [-0.4, -0.2) is 16.4 Å². The molecule has 2 aromatic rings. The SMILES string of the molecule is Clc1ccc(Cn2nc3c(c2Cl)COCC3)cc1. The largest absolute Gasteiger partial charge is 0.376 e. The van der Waals surface area contributed by atoms with E-state index in [2.05, 4.69) is 5.10 Å². The van der Waals surface area contributed by atoms with Crippen LogP contribution in [0.4, 0.5) is 0 Å². The van der Waals surface area contributed by atoms with Gasteiger partial charge in [-0.1, -0.05) is 35.3 Å². The smallest absolute Gasteiger partial charge is 0.133 e. The first-order valence-electron chi connectivity index (χ1n) is 5.80. The van der Waals surface area contributed by atoms with Crippen molar-refractivity contribution in [2.24, 2.45) is 0 Å². The lowest BCUT2D eigenvalue weighted by Crippen LogP contribution is -2.08. The molecule has 0 aliphatic carbocycles. The van der Waals surface area contributed by atoms with Crippen molar-refractivity contribution in [2.75, 3.05) is 6.61 Å². The minimum atomic E-state index is 0.564. The third-order valence-electron chi connectivity index (χ3n) is 3.04. The average molecular weight is 283 g/mol. The highest BCUT2D eigenvalue weighted by Crippen LogP contribution is 2.25. The number of hydrogen-bond acceptors (Lipinski definition) is 2. The van der Waals surface area contributed by atoms with E-state index in [0.717, 1.165) is 34.9 Å².